The zero-order valence-corrected chi connectivity index (χ0v) is 17.2. The highest BCUT2D eigenvalue weighted by Gasteiger charge is 2.36. The van der Waals surface area contributed by atoms with Crippen molar-refractivity contribution in [2.75, 3.05) is 10.8 Å². The number of nitrogens with zero attached hydrogens (tertiary/aromatic N) is 1. The lowest BCUT2D eigenvalue weighted by atomic mass is 9.95. The van der Waals surface area contributed by atoms with Crippen LogP contribution < -0.4 is 9.62 Å². The maximum Gasteiger partial charge on any atom is 0.265 e. The molecule has 0 radical (unpaired) electrons. The van der Waals surface area contributed by atoms with E-state index in [1.54, 1.807) is 24.3 Å². The minimum absolute atomic E-state index is 0.146. The first-order valence-electron chi connectivity index (χ1n) is 9.18. The van der Waals surface area contributed by atoms with Crippen LogP contribution in [0.2, 0.25) is 0 Å². The van der Waals surface area contributed by atoms with Crippen LogP contribution >= 0.6 is 15.9 Å². The highest BCUT2D eigenvalue weighted by atomic mass is 79.9. The fourth-order valence-corrected chi connectivity index (χ4v) is 5.91. The average molecular weight is 449 g/mol. The van der Waals surface area contributed by atoms with Crippen LogP contribution in [0, 0.1) is 0 Å². The first kappa shape index (κ1) is 18.5. The predicted octanol–water partition coefficient (Wildman–Crippen LogP) is 4.07. The molecule has 7 heteroatoms. The molecule has 27 heavy (non-hydrogen) atoms. The number of hydrogen-bond acceptors (Lipinski definition) is 3. The van der Waals surface area contributed by atoms with E-state index in [0.29, 0.717) is 11.3 Å². The minimum Gasteiger partial charge on any atom is -0.352 e. The standard InChI is InChI=1S/C20H21BrN2O3S/c21-14-10-11-16-17-8-4-5-9-19(17)27(25,26)23(18(16)12-14)13-20(24)22-15-6-2-1-3-7-15/h4-5,8-12,15H,1-3,6-7,13H2,(H,22,24). The summed E-state index contributed by atoms with van der Waals surface area (Å²) in [4.78, 5) is 12.9. The summed E-state index contributed by atoms with van der Waals surface area (Å²) in [6.07, 6.45) is 5.34. The van der Waals surface area contributed by atoms with Crippen molar-refractivity contribution in [1.82, 2.24) is 5.32 Å². The average Bonchev–Trinajstić information content (AvgIpc) is 2.66. The second-order valence-electron chi connectivity index (χ2n) is 7.07. The van der Waals surface area contributed by atoms with Crippen molar-refractivity contribution in [3.8, 4) is 11.1 Å². The van der Waals surface area contributed by atoms with E-state index < -0.39 is 10.0 Å². The Morgan fingerprint density at radius 1 is 1.07 bits per heavy atom. The Hall–Kier alpha value is -1.86. The Kier molecular flexibility index (Phi) is 4.99. The van der Waals surface area contributed by atoms with Gasteiger partial charge in [0.05, 0.1) is 10.6 Å². The lowest BCUT2D eigenvalue weighted by Gasteiger charge is -2.32. The van der Waals surface area contributed by atoms with Crippen molar-refractivity contribution < 1.29 is 13.2 Å². The van der Waals surface area contributed by atoms with Gasteiger partial charge in [-0.1, -0.05) is 59.5 Å². The van der Waals surface area contributed by atoms with Crippen LogP contribution in [-0.2, 0) is 14.8 Å². The molecule has 4 rings (SSSR count). The molecule has 1 N–H and O–H groups in total. The molecule has 2 aromatic rings. The van der Waals surface area contributed by atoms with Gasteiger partial charge in [-0.05, 0) is 31.0 Å². The molecule has 1 amide bonds. The first-order valence-corrected chi connectivity index (χ1v) is 11.4. The molecule has 142 valence electrons. The molecule has 0 aromatic heterocycles. The number of anilines is 1. The Morgan fingerprint density at radius 3 is 2.59 bits per heavy atom. The van der Waals surface area contributed by atoms with E-state index in [9.17, 15) is 13.2 Å². The Labute approximate surface area is 167 Å². The fourth-order valence-electron chi connectivity index (χ4n) is 3.92. The van der Waals surface area contributed by atoms with Crippen molar-refractivity contribution in [1.29, 1.82) is 0 Å². The van der Waals surface area contributed by atoms with Crippen LogP contribution in [0.25, 0.3) is 11.1 Å². The summed E-state index contributed by atoms with van der Waals surface area (Å²) in [5.41, 5.74) is 2.01. The number of carbonyl (C=O) groups excluding carboxylic acids is 1. The summed E-state index contributed by atoms with van der Waals surface area (Å²) < 4.78 is 28.5. The maximum atomic E-state index is 13.2. The summed E-state index contributed by atoms with van der Waals surface area (Å²) in [7, 11) is -3.80. The molecule has 2 aromatic carbocycles. The van der Waals surface area contributed by atoms with Gasteiger partial charge in [0.2, 0.25) is 5.91 Å². The lowest BCUT2D eigenvalue weighted by Crippen LogP contribution is -2.45. The second-order valence-corrected chi connectivity index (χ2v) is 9.82. The van der Waals surface area contributed by atoms with E-state index in [1.165, 1.54) is 10.7 Å². The van der Waals surface area contributed by atoms with Gasteiger partial charge in [0, 0.05) is 21.6 Å². The molecule has 0 saturated heterocycles. The molecule has 5 nitrogen and oxygen atoms in total. The lowest BCUT2D eigenvalue weighted by molar-refractivity contribution is -0.120. The molecule has 1 aliphatic carbocycles. The quantitative estimate of drug-likeness (QED) is 0.768. The molecular formula is C20H21BrN2O3S. The molecule has 1 saturated carbocycles. The molecule has 1 heterocycles. The summed E-state index contributed by atoms with van der Waals surface area (Å²) in [6.45, 7) is -0.212. The monoisotopic (exact) mass is 448 g/mol. The maximum absolute atomic E-state index is 13.2. The van der Waals surface area contributed by atoms with E-state index in [-0.39, 0.29) is 23.4 Å². The number of halogens is 1. The summed E-state index contributed by atoms with van der Waals surface area (Å²) in [5, 5.41) is 3.02. The number of benzene rings is 2. The third kappa shape index (κ3) is 3.50. The predicted molar refractivity (Wildman–Crippen MR) is 109 cm³/mol. The molecular weight excluding hydrogens is 428 g/mol. The Balaban J connectivity index is 1.69. The van der Waals surface area contributed by atoms with Gasteiger partial charge in [-0.3, -0.25) is 9.10 Å². The van der Waals surface area contributed by atoms with Gasteiger partial charge in [-0.2, -0.15) is 0 Å². The molecule has 2 aliphatic rings. The topological polar surface area (TPSA) is 66.5 Å². The molecule has 0 spiro atoms. The normalized spacial score (nSPS) is 18.5. The number of sulfonamides is 1. The van der Waals surface area contributed by atoms with E-state index >= 15 is 0 Å². The van der Waals surface area contributed by atoms with Crippen molar-refractivity contribution in [3.05, 3.63) is 46.9 Å². The van der Waals surface area contributed by atoms with Gasteiger partial charge in [-0.25, -0.2) is 8.42 Å². The fraction of sp³-hybridized carbons (Fsp3) is 0.350. The zero-order valence-electron chi connectivity index (χ0n) is 14.8. The minimum atomic E-state index is -3.80. The van der Waals surface area contributed by atoms with Gasteiger partial charge < -0.3 is 5.32 Å². The van der Waals surface area contributed by atoms with Gasteiger partial charge in [0.15, 0.2) is 0 Å². The van der Waals surface area contributed by atoms with Crippen LogP contribution in [0.3, 0.4) is 0 Å². The Morgan fingerprint density at radius 2 is 1.81 bits per heavy atom. The SMILES string of the molecule is O=C(CN1c2cc(Br)ccc2-c2ccccc2S1(=O)=O)NC1CCCCC1. The smallest absolute Gasteiger partial charge is 0.265 e. The number of rotatable bonds is 3. The largest absolute Gasteiger partial charge is 0.352 e. The van der Waals surface area contributed by atoms with Crippen LogP contribution in [0.1, 0.15) is 32.1 Å². The van der Waals surface area contributed by atoms with Crippen molar-refractivity contribution >= 4 is 37.5 Å². The summed E-state index contributed by atoms with van der Waals surface area (Å²) in [5.74, 6) is -0.254. The third-order valence-corrected chi connectivity index (χ3v) is 7.54. The van der Waals surface area contributed by atoms with Crippen LogP contribution in [0.5, 0.6) is 0 Å². The van der Waals surface area contributed by atoms with Crippen molar-refractivity contribution in [2.24, 2.45) is 0 Å². The first-order chi connectivity index (χ1) is 13.0. The zero-order chi connectivity index (χ0) is 19.0. The molecule has 0 unspecified atom stereocenters. The second kappa shape index (κ2) is 7.28. The van der Waals surface area contributed by atoms with Crippen LogP contribution in [-0.4, -0.2) is 26.9 Å². The number of amides is 1. The van der Waals surface area contributed by atoms with Gasteiger partial charge in [0.1, 0.15) is 6.54 Å². The third-order valence-electron chi connectivity index (χ3n) is 5.23. The van der Waals surface area contributed by atoms with Crippen LogP contribution in [0.15, 0.2) is 51.8 Å². The number of nitrogens with one attached hydrogen (secondary N) is 1. The molecule has 0 atom stereocenters. The van der Waals surface area contributed by atoms with Gasteiger partial charge >= 0.3 is 0 Å². The van der Waals surface area contributed by atoms with Gasteiger partial charge in [-0.15, -0.1) is 0 Å². The molecule has 0 bridgehead atoms. The summed E-state index contributed by atoms with van der Waals surface area (Å²) in [6, 6.07) is 12.6. The summed E-state index contributed by atoms with van der Waals surface area (Å²) >= 11 is 3.42. The number of hydrogen-bond donors (Lipinski definition) is 1. The van der Waals surface area contributed by atoms with E-state index in [0.717, 1.165) is 35.7 Å². The highest BCUT2D eigenvalue weighted by Crippen LogP contribution is 2.43. The van der Waals surface area contributed by atoms with E-state index in [2.05, 4.69) is 21.2 Å². The molecule has 1 fully saturated rings. The number of carbonyl (C=O) groups is 1. The van der Waals surface area contributed by atoms with Gasteiger partial charge in [0.25, 0.3) is 10.0 Å². The van der Waals surface area contributed by atoms with Crippen LogP contribution in [0.4, 0.5) is 5.69 Å². The Bertz CT molecular complexity index is 984. The van der Waals surface area contributed by atoms with E-state index in [4.69, 9.17) is 0 Å². The number of fused-ring (bicyclic) bond motifs is 3. The van der Waals surface area contributed by atoms with E-state index in [1.807, 2.05) is 18.2 Å². The molecule has 1 aliphatic heterocycles. The van der Waals surface area contributed by atoms with Crippen molar-refractivity contribution in [2.45, 2.75) is 43.0 Å². The highest BCUT2D eigenvalue weighted by molar-refractivity contribution is 9.10. The van der Waals surface area contributed by atoms with Crippen molar-refractivity contribution in [3.63, 3.8) is 0 Å².